The minimum Gasteiger partial charge on any atom is -0.497 e. The maximum Gasteiger partial charge on any atom is 0.119 e. The lowest BCUT2D eigenvalue weighted by molar-refractivity contribution is 0.218. The Morgan fingerprint density at radius 3 is 2.80 bits per heavy atom. The summed E-state index contributed by atoms with van der Waals surface area (Å²) in [5.74, 6) is 0.954. The molecule has 0 atom stereocenters. The molecule has 0 amide bonds. The fourth-order valence-corrected chi connectivity index (χ4v) is 4.12. The molecule has 0 bridgehead atoms. The predicted octanol–water partition coefficient (Wildman–Crippen LogP) is 3.48. The molecule has 4 rings (SSSR count). The average molecular weight is 270 g/mol. The van der Waals surface area contributed by atoms with Crippen LogP contribution in [0.5, 0.6) is 5.75 Å². The van der Waals surface area contributed by atoms with Crippen molar-refractivity contribution in [2.75, 3.05) is 13.7 Å². The zero-order valence-corrected chi connectivity index (χ0v) is 12.1. The van der Waals surface area contributed by atoms with E-state index in [2.05, 4.69) is 22.4 Å². The van der Waals surface area contributed by atoms with Gasteiger partial charge in [0.2, 0.25) is 0 Å². The number of ether oxygens (including phenoxy) is 1. The first-order valence-corrected chi connectivity index (χ1v) is 7.76. The number of benzene rings is 1. The van der Waals surface area contributed by atoms with Gasteiger partial charge in [0, 0.05) is 23.1 Å². The summed E-state index contributed by atoms with van der Waals surface area (Å²) >= 11 is 0. The Morgan fingerprint density at radius 1 is 1.15 bits per heavy atom. The highest BCUT2D eigenvalue weighted by Gasteiger charge is 2.39. The maximum atomic E-state index is 5.39. The molecule has 0 unspecified atom stereocenters. The van der Waals surface area contributed by atoms with Gasteiger partial charge in [-0.05, 0) is 43.0 Å². The van der Waals surface area contributed by atoms with Gasteiger partial charge in [-0.25, -0.2) is 0 Å². The van der Waals surface area contributed by atoms with E-state index in [1.165, 1.54) is 54.3 Å². The van der Waals surface area contributed by atoms with Gasteiger partial charge in [0.1, 0.15) is 5.75 Å². The van der Waals surface area contributed by atoms with Crippen LogP contribution in [0, 0.1) is 0 Å². The SMILES string of the molecule is COc1ccc2[nH]c3c(c2c1)CCNC31CCCCC1. The molecule has 1 aliphatic heterocycles. The van der Waals surface area contributed by atoms with Gasteiger partial charge in [0.05, 0.1) is 12.6 Å². The van der Waals surface area contributed by atoms with Crippen LogP contribution in [0.1, 0.15) is 43.4 Å². The first kappa shape index (κ1) is 12.3. The monoisotopic (exact) mass is 270 g/mol. The van der Waals surface area contributed by atoms with Crippen molar-refractivity contribution < 1.29 is 4.74 Å². The van der Waals surface area contributed by atoms with Gasteiger partial charge in [0.15, 0.2) is 0 Å². The average Bonchev–Trinajstić information content (AvgIpc) is 2.88. The fourth-order valence-electron chi connectivity index (χ4n) is 4.12. The van der Waals surface area contributed by atoms with E-state index in [9.17, 15) is 0 Å². The highest BCUT2D eigenvalue weighted by atomic mass is 16.5. The van der Waals surface area contributed by atoms with Crippen molar-refractivity contribution in [1.29, 1.82) is 0 Å². The largest absolute Gasteiger partial charge is 0.497 e. The van der Waals surface area contributed by atoms with Gasteiger partial charge >= 0.3 is 0 Å². The number of H-pyrrole nitrogens is 1. The molecule has 1 saturated carbocycles. The highest BCUT2D eigenvalue weighted by Crippen LogP contribution is 2.43. The number of nitrogens with one attached hydrogen (secondary N) is 2. The minimum atomic E-state index is 0.206. The second kappa shape index (κ2) is 4.52. The van der Waals surface area contributed by atoms with E-state index in [0.717, 1.165) is 18.7 Å². The first-order chi connectivity index (χ1) is 9.82. The molecule has 3 heteroatoms. The highest BCUT2D eigenvalue weighted by molar-refractivity contribution is 5.86. The molecule has 106 valence electrons. The lowest BCUT2D eigenvalue weighted by Gasteiger charge is -2.41. The Kier molecular flexibility index (Phi) is 2.77. The van der Waals surface area contributed by atoms with E-state index in [0.29, 0.717) is 0 Å². The first-order valence-electron chi connectivity index (χ1n) is 7.76. The zero-order valence-electron chi connectivity index (χ0n) is 12.1. The lowest BCUT2D eigenvalue weighted by Crippen LogP contribution is -2.48. The van der Waals surface area contributed by atoms with Gasteiger partial charge in [-0.2, -0.15) is 0 Å². The summed E-state index contributed by atoms with van der Waals surface area (Å²) in [6.07, 6.45) is 7.71. The summed E-state index contributed by atoms with van der Waals surface area (Å²) in [5, 5.41) is 5.17. The van der Waals surface area contributed by atoms with Crippen LogP contribution in [-0.2, 0) is 12.0 Å². The van der Waals surface area contributed by atoms with Crippen LogP contribution in [0.3, 0.4) is 0 Å². The standard InChI is InChI=1S/C17H22N2O/c1-20-12-5-6-15-14(11-12)13-7-10-18-17(16(13)19-15)8-3-2-4-9-17/h5-6,11,18-19H,2-4,7-10H2,1H3. The third-order valence-corrected chi connectivity index (χ3v) is 5.14. The summed E-state index contributed by atoms with van der Waals surface area (Å²) in [5.41, 5.74) is 4.42. The van der Waals surface area contributed by atoms with E-state index in [1.807, 2.05) is 6.07 Å². The molecule has 20 heavy (non-hydrogen) atoms. The molecule has 3 nitrogen and oxygen atoms in total. The smallest absolute Gasteiger partial charge is 0.119 e. The van der Waals surface area contributed by atoms with Crippen LogP contribution in [-0.4, -0.2) is 18.6 Å². The third-order valence-electron chi connectivity index (χ3n) is 5.14. The molecule has 2 aliphatic rings. The van der Waals surface area contributed by atoms with Gasteiger partial charge in [-0.1, -0.05) is 19.3 Å². The second-order valence-electron chi connectivity index (χ2n) is 6.21. The lowest BCUT2D eigenvalue weighted by atomic mass is 9.75. The van der Waals surface area contributed by atoms with E-state index >= 15 is 0 Å². The number of hydrogen-bond donors (Lipinski definition) is 2. The molecular formula is C17H22N2O. The Bertz CT molecular complexity index is 638. The van der Waals surface area contributed by atoms with E-state index < -0.39 is 0 Å². The second-order valence-corrected chi connectivity index (χ2v) is 6.21. The van der Waals surface area contributed by atoms with Gasteiger partial charge in [-0.15, -0.1) is 0 Å². The third kappa shape index (κ3) is 1.69. The quantitative estimate of drug-likeness (QED) is 0.832. The van der Waals surface area contributed by atoms with E-state index in [1.54, 1.807) is 7.11 Å². The van der Waals surface area contributed by atoms with Crippen molar-refractivity contribution in [1.82, 2.24) is 10.3 Å². The number of rotatable bonds is 1. The number of aromatic amines is 1. The fraction of sp³-hybridized carbons (Fsp3) is 0.529. The van der Waals surface area contributed by atoms with Gasteiger partial charge in [0.25, 0.3) is 0 Å². The van der Waals surface area contributed by atoms with Crippen molar-refractivity contribution in [3.63, 3.8) is 0 Å². The number of aromatic nitrogens is 1. The van der Waals surface area contributed by atoms with Crippen LogP contribution < -0.4 is 10.1 Å². The summed E-state index contributed by atoms with van der Waals surface area (Å²) < 4.78 is 5.39. The van der Waals surface area contributed by atoms with E-state index in [-0.39, 0.29) is 5.54 Å². The normalized spacial score (nSPS) is 21.1. The van der Waals surface area contributed by atoms with Crippen molar-refractivity contribution in [3.05, 3.63) is 29.5 Å². The van der Waals surface area contributed by atoms with Crippen LogP contribution in [0.25, 0.3) is 10.9 Å². The Balaban J connectivity index is 1.90. The van der Waals surface area contributed by atoms with Crippen molar-refractivity contribution in [2.45, 2.75) is 44.1 Å². The van der Waals surface area contributed by atoms with Crippen molar-refractivity contribution in [3.8, 4) is 5.75 Å². The summed E-state index contributed by atoms with van der Waals surface area (Å²) in [7, 11) is 1.74. The minimum absolute atomic E-state index is 0.206. The Morgan fingerprint density at radius 2 is 2.00 bits per heavy atom. The Labute approximate surface area is 119 Å². The maximum absolute atomic E-state index is 5.39. The molecule has 2 aromatic rings. The van der Waals surface area contributed by atoms with Gasteiger partial charge in [-0.3, -0.25) is 0 Å². The van der Waals surface area contributed by atoms with E-state index in [4.69, 9.17) is 4.74 Å². The number of fused-ring (bicyclic) bond motifs is 4. The number of methoxy groups -OCH3 is 1. The molecule has 1 spiro atoms. The Hall–Kier alpha value is -1.48. The molecular weight excluding hydrogens is 248 g/mol. The molecule has 1 aliphatic carbocycles. The molecule has 0 saturated heterocycles. The molecule has 1 fully saturated rings. The van der Waals surface area contributed by atoms with Gasteiger partial charge < -0.3 is 15.0 Å². The van der Waals surface area contributed by atoms with Crippen LogP contribution in [0.15, 0.2) is 18.2 Å². The molecule has 2 N–H and O–H groups in total. The molecule has 1 aromatic heterocycles. The van der Waals surface area contributed by atoms with Crippen LogP contribution >= 0.6 is 0 Å². The van der Waals surface area contributed by atoms with Crippen molar-refractivity contribution in [2.24, 2.45) is 0 Å². The van der Waals surface area contributed by atoms with Crippen LogP contribution in [0.4, 0.5) is 0 Å². The zero-order chi connectivity index (χ0) is 13.6. The summed E-state index contributed by atoms with van der Waals surface area (Å²) in [6.45, 7) is 1.09. The molecule has 2 heterocycles. The molecule has 0 radical (unpaired) electrons. The van der Waals surface area contributed by atoms with Crippen LogP contribution in [0.2, 0.25) is 0 Å². The summed E-state index contributed by atoms with van der Waals surface area (Å²) in [6, 6.07) is 6.39. The number of hydrogen-bond acceptors (Lipinski definition) is 2. The van der Waals surface area contributed by atoms with Crippen molar-refractivity contribution >= 4 is 10.9 Å². The molecule has 1 aromatic carbocycles. The predicted molar refractivity (Wildman–Crippen MR) is 81.3 cm³/mol. The topological polar surface area (TPSA) is 37.0 Å². The summed E-state index contributed by atoms with van der Waals surface area (Å²) in [4.78, 5) is 3.71.